The van der Waals surface area contributed by atoms with Crippen molar-refractivity contribution in [2.24, 2.45) is 5.16 Å². The normalized spacial score (nSPS) is 17.5. The summed E-state index contributed by atoms with van der Waals surface area (Å²) in [6, 6.07) is 46.4. The van der Waals surface area contributed by atoms with Gasteiger partial charge in [-0.25, -0.2) is 14.6 Å². The molecule has 0 spiro atoms. The Hall–Kier alpha value is -6.68. The first-order valence-corrected chi connectivity index (χ1v) is 24.0. The van der Waals surface area contributed by atoms with E-state index in [1.165, 1.54) is 41.8 Å². The van der Waals surface area contributed by atoms with Gasteiger partial charge in [0.1, 0.15) is 28.2 Å². The molecule has 1 aromatic heterocycles. The van der Waals surface area contributed by atoms with Crippen molar-refractivity contribution in [3.05, 3.63) is 191 Å². The van der Waals surface area contributed by atoms with Crippen LogP contribution in [0.5, 0.6) is 0 Å². The lowest BCUT2D eigenvalue weighted by atomic mass is 9.77. The molecule has 2 aliphatic rings. The molecule has 0 aliphatic carbocycles. The van der Waals surface area contributed by atoms with Gasteiger partial charge in [-0.2, -0.15) is 0 Å². The third kappa shape index (κ3) is 10.0. The fourth-order valence-corrected chi connectivity index (χ4v) is 10.3. The second-order valence-electron chi connectivity index (χ2n) is 17.5. The molecule has 6 aromatic rings. The number of thiazole rings is 1. The number of anilines is 1. The molecule has 5 aromatic carbocycles. The molecule has 12 nitrogen and oxygen atoms in total. The highest BCUT2D eigenvalue weighted by Crippen LogP contribution is 2.42. The van der Waals surface area contributed by atoms with Gasteiger partial charge in [-0.05, 0) is 62.4 Å². The van der Waals surface area contributed by atoms with Gasteiger partial charge in [-0.15, -0.1) is 23.1 Å². The van der Waals surface area contributed by atoms with Crippen LogP contribution in [-0.4, -0.2) is 78.6 Å². The second kappa shape index (κ2) is 19.7. The van der Waals surface area contributed by atoms with Crippen molar-refractivity contribution < 1.29 is 33.5 Å². The molecule has 0 saturated carbocycles. The maximum atomic E-state index is 14.6. The van der Waals surface area contributed by atoms with Gasteiger partial charge in [0.05, 0.1) is 0 Å². The molecule has 342 valence electrons. The topological polar surface area (TPSA) is 149 Å². The van der Waals surface area contributed by atoms with Gasteiger partial charge in [0, 0.05) is 16.0 Å². The molecule has 3 atom stereocenters. The zero-order chi connectivity index (χ0) is 47.3. The number of carbonyl (C=O) groups excluding carboxylic acids is 4. The number of carbonyl (C=O) groups is 4. The Kier molecular flexibility index (Phi) is 13.7. The second-order valence-corrected chi connectivity index (χ2v) is 19.9. The molecule has 2 amide bonds. The van der Waals surface area contributed by atoms with Crippen molar-refractivity contribution in [3.8, 4) is 0 Å². The van der Waals surface area contributed by atoms with E-state index in [2.05, 4.69) is 15.8 Å². The summed E-state index contributed by atoms with van der Waals surface area (Å²) in [5.74, 6) is -2.44. The Labute approximate surface area is 403 Å². The SMILES string of the molecule is CC(C)(C)OC(=O)C(C)(C)ON=C(C(=O)NC1C(=O)N2C(C(=O)OC(c3ccccc3)c3ccccc3)C(=S)CS[C@@H]12)c1csc(NC(c2ccccc2)(c2ccccc2)c2ccccc2)n1. The van der Waals surface area contributed by atoms with Crippen LogP contribution in [0.25, 0.3) is 0 Å². The van der Waals surface area contributed by atoms with Crippen LogP contribution in [0.15, 0.2) is 162 Å². The number of thiocarbonyl (C=S) groups is 1. The smallest absolute Gasteiger partial charge is 0.353 e. The standard InChI is InChI=1S/C52H49N5O7S3/c1-50(2,3)63-48(61)51(4,5)64-56-40(38-31-67-49(53-38)55-52(35-25-15-8-16-26-35,36-27-17-9-18-28-36)37-29-19-10-20-30-37)44(58)54-41-45(59)57-42(39(65)32-66-46(41)57)47(60)62-43(33-21-11-6-12-22-33)34-23-13-7-14-24-34/h6-31,41-43,46H,32H2,1-5H3,(H,53,55)(H,54,58)/t41?,42?,46-/m0/s1. The molecular formula is C52H49N5O7S3. The molecule has 2 fully saturated rings. The summed E-state index contributed by atoms with van der Waals surface area (Å²) < 4.78 is 11.8. The summed E-state index contributed by atoms with van der Waals surface area (Å²) in [5.41, 5.74) is 0.743. The van der Waals surface area contributed by atoms with Gasteiger partial charge < -0.3 is 29.8 Å². The molecule has 0 bridgehead atoms. The molecule has 2 N–H and O–H groups in total. The van der Waals surface area contributed by atoms with Crippen LogP contribution in [0.3, 0.4) is 0 Å². The van der Waals surface area contributed by atoms with Crippen molar-refractivity contribution in [1.29, 1.82) is 0 Å². The maximum absolute atomic E-state index is 14.6. The molecule has 3 heterocycles. The Bertz CT molecular complexity index is 2630. The van der Waals surface area contributed by atoms with Crippen molar-refractivity contribution in [2.45, 2.75) is 74.9 Å². The molecule has 2 saturated heterocycles. The van der Waals surface area contributed by atoms with Gasteiger partial charge in [0.25, 0.3) is 5.91 Å². The average molecular weight is 952 g/mol. The highest BCUT2D eigenvalue weighted by atomic mass is 32.2. The number of rotatable bonds is 15. The number of thioether (sulfide) groups is 1. The molecule has 8 rings (SSSR count). The molecule has 2 unspecified atom stereocenters. The monoisotopic (exact) mass is 951 g/mol. The van der Waals surface area contributed by atoms with Crippen LogP contribution in [0, 0.1) is 0 Å². The summed E-state index contributed by atoms with van der Waals surface area (Å²) in [6.45, 7) is 8.17. The molecule has 67 heavy (non-hydrogen) atoms. The third-order valence-electron chi connectivity index (χ3n) is 11.1. The number of nitrogens with one attached hydrogen (secondary N) is 2. The predicted octanol–water partition coefficient (Wildman–Crippen LogP) is 8.86. The zero-order valence-corrected chi connectivity index (χ0v) is 39.9. The first kappa shape index (κ1) is 46.8. The van der Waals surface area contributed by atoms with Crippen molar-refractivity contribution >= 4 is 74.8 Å². The lowest BCUT2D eigenvalue weighted by Gasteiger charge is -2.52. The molecule has 15 heteroatoms. The molecule has 0 radical (unpaired) electrons. The molecule has 2 aliphatic heterocycles. The summed E-state index contributed by atoms with van der Waals surface area (Å²) in [4.78, 5) is 68.6. The Morgan fingerprint density at radius 2 is 1.25 bits per heavy atom. The number of oxime groups is 1. The number of amides is 2. The number of benzene rings is 5. The van der Waals surface area contributed by atoms with Gasteiger partial charge in [-0.1, -0.05) is 169 Å². The quantitative estimate of drug-likeness (QED) is 0.0254. The molecular weight excluding hydrogens is 903 g/mol. The van der Waals surface area contributed by atoms with E-state index in [4.69, 9.17) is 31.5 Å². The predicted molar refractivity (Wildman–Crippen MR) is 265 cm³/mol. The number of ether oxygens (including phenoxy) is 2. The number of esters is 2. The number of hydrogen-bond acceptors (Lipinski definition) is 13. The van der Waals surface area contributed by atoms with E-state index in [0.717, 1.165) is 27.8 Å². The zero-order valence-electron chi connectivity index (χ0n) is 37.5. The van der Waals surface area contributed by atoms with Crippen molar-refractivity contribution in [1.82, 2.24) is 15.2 Å². The average Bonchev–Trinajstić information content (AvgIpc) is 3.80. The van der Waals surface area contributed by atoms with E-state index in [-0.39, 0.29) is 17.2 Å². The van der Waals surface area contributed by atoms with E-state index in [1.807, 2.05) is 152 Å². The van der Waals surface area contributed by atoms with Crippen LogP contribution >= 0.6 is 35.3 Å². The summed E-state index contributed by atoms with van der Waals surface area (Å²) in [6.07, 6.45) is -0.753. The number of hydrogen-bond donors (Lipinski definition) is 2. The fourth-order valence-electron chi connectivity index (χ4n) is 7.87. The Balaban J connectivity index is 1.09. The minimum Gasteiger partial charge on any atom is -0.457 e. The summed E-state index contributed by atoms with van der Waals surface area (Å²) >= 11 is 8.28. The van der Waals surface area contributed by atoms with Crippen LogP contribution in [0.2, 0.25) is 0 Å². The van der Waals surface area contributed by atoms with Gasteiger partial charge in [0.2, 0.25) is 11.5 Å². The van der Waals surface area contributed by atoms with Crippen LogP contribution in [0.1, 0.15) is 74.2 Å². The minimum absolute atomic E-state index is 0.114. The first-order valence-electron chi connectivity index (χ1n) is 21.6. The van der Waals surface area contributed by atoms with E-state index in [9.17, 15) is 19.2 Å². The van der Waals surface area contributed by atoms with E-state index in [1.54, 1.807) is 26.2 Å². The van der Waals surface area contributed by atoms with Crippen LogP contribution in [0.4, 0.5) is 5.13 Å². The Morgan fingerprint density at radius 3 is 1.75 bits per heavy atom. The Morgan fingerprint density at radius 1 is 0.761 bits per heavy atom. The van der Waals surface area contributed by atoms with E-state index >= 15 is 0 Å². The van der Waals surface area contributed by atoms with Gasteiger partial charge in [-0.3, -0.25) is 9.59 Å². The minimum atomic E-state index is -1.64. The van der Waals surface area contributed by atoms with Crippen molar-refractivity contribution in [2.75, 3.05) is 11.1 Å². The fraction of sp³-hybridized carbons (Fsp3) is 0.250. The van der Waals surface area contributed by atoms with Crippen molar-refractivity contribution in [3.63, 3.8) is 0 Å². The number of β-lactam (4-membered cyclic amide) rings is 1. The summed E-state index contributed by atoms with van der Waals surface area (Å²) in [5, 5.41) is 12.3. The first-order chi connectivity index (χ1) is 32.2. The highest BCUT2D eigenvalue weighted by Gasteiger charge is 2.57. The number of fused-ring (bicyclic) bond motifs is 1. The lowest BCUT2D eigenvalue weighted by molar-refractivity contribution is -0.179. The van der Waals surface area contributed by atoms with E-state index in [0.29, 0.717) is 10.00 Å². The van der Waals surface area contributed by atoms with Gasteiger partial charge in [0.15, 0.2) is 23.0 Å². The van der Waals surface area contributed by atoms with Gasteiger partial charge >= 0.3 is 11.9 Å². The van der Waals surface area contributed by atoms with Crippen LogP contribution < -0.4 is 10.6 Å². The largest absolute Gasteiger partial charge is 0.457 e. The highest BCUT2D eigenvalue weighted by molar-refractivity contribution is 8.02. The van der Waals surface area contributed by atoms with E-state index < -0.39 is 64.1 Å². The third-order valence-corrected chi connectivity index (χ3v) is 13.8. The summed E-state index contributed by atoms with van der Waals surface area (Å²) in [7, 11) is 0. The maximum Gasteiger partial charge on any atom is 0.353 e. The number of aromatic nitrogens is 1. The number of nitrogens with zero attached hydrogens (tertiary/aromatic N) is 3. The lowest BCUT2D eigenvalue weighted by Crippen LogP contribution is -2.76. The van der Waals surface area contributed by atoms with Crippen LogP contribution in [-0.2, 0) is 39.0 Å².